The number of anilines is 1. The minimum absolute atomic E-state index is 0.109. The zero-order chi connectivity index (χ0) is 23.3. The van der Waals surface area contributed by atoms with Crippen molar-refractivity contribution in [2.75, 3.05) is 11.4 Å². The normalized spacial score (nSPS) is 17.2. The number of nitrogens with one attached hydrogen (secondary N) is 1. The van der Waals surface area contributed by atoms with E-state index in [-0.39, 0.29) is 17.4 Å². The van der Waals surface area contributed by atoms with Gasteiger partial charge in [-0.1, -0.05) is 11.6 Å². The number of pyridine rings is 1. The van der Waals surface area contributed by atoms with Gasteiger partial charge < -0.3 is 4.90 Å². The van der Waals surface area contributed by atoms with Crippen LogP contribution in [0.2, 0.25) is 5.02 Å². The van der Waals surface area contributed by atoms with Crippen LogP contribution in [0.3, 0.4) is 0 Å². The Balaban J connectivity index is 1.70. The first-order valence-electron chi connectivity index (χ1n) is 10.2. The molecule has 2 aromatic heterocycles. The summed E-state index contributed by atoms with van der Waals surface area (Å²) >= 11 is 6.35. The second kappa shape index (κ2) is 8.04. The van der Waals surface area contributed by atoms with Crippen LogP contribution in [0, 0.1) is 5.82 Å². The molecule has 0 saturated carbocycles. The number of benzene rings is 1. The van der Waals surface area contributed by atoms with E-state index < -0.39 is 20.7 Å². The Morgan fingerprint density at radius 2 is 2.00 bits per heavy atom. The Labute approximate surface area is 191 Å². The van der Waals surface area contributed by atoms with Crippen molar-refractivity contribution in [1.29, 1.82) is 0 Å². The van der Waals surface area contributed by atoms with Crippen LogP contribution in [0.15, 0.2) is 42.7 Å². The maximum absolute atomic E-state index is 13.9. The molecule has 7 nitrogen and oxygen atoms in total. The Bertz CT molecular complexity index is 1300. The van der Waals surface area contributed by atoms with Crippen molar-refractivity contribution in [2.45, 2.75) is 44.4 Å². The standard InChI is InChI=1S/C22H24ClFN4O3S/c1-22(2,3)32(30,31)26-21(29)17-13-25-28-10-8-15(12-20(17)28)27-9-4-5-19(27)16-11-14(24)6-7-18(16)23/h6-8,10-13,19H,4-5,9H2,1-3H3,(H,26,29). The second-order valence-electron chi connectivity index (χ2n) is 8.84. The summed E-state index contributed by atoms with van der Waals surface area (Å²) in [5.74, 6) is -1.08. The van der Waals surface area contributed by atoms with Crippen LogP contribution in [0.4, 0.5) is 10.1 Å². The van der Waals surface area contributed by atoms with Gasteiger partial charge in [0.15, 0.2) is 0 Å². The van der Waals surface area contributed by atoms with Gasteiger partial charge in [-0.05, 0) is 69.5 Å². The highest BCUT2D eigenvalue weighted by Crippen LogP contribution is 2.39. The van der Waals surface area contributed by atoms with Crippen LogP contribution in [-0.2, 0) is 10.0 Å². The quantitative estimate of drug-likeness (QED) is 0.603. The number of hydrogen-bond acceptors (Lipinski definition) is 5. The Kier molecular flexibility index (Phi) is 5.67. The number of hydrogen-bond donors (Lipinski definition) is 1. The van der Waals surface area contributed by atoms with Gasteiger partial charge in [-0.15, -0.1) is 0 Å². The summed E-state index contributed by atoms with van der Waals surface area (Å²) in [4.78, 5) is 14.9. The van der Waals surface area contributed by atoms with Crippen molar-refractivity contribution in [1.82, 2.24) is 14.3 Å². The lowest BCUT2D eigenvalue weighted by molar-refractivity contribution is 0.0982. The van der Waals surface area contributed by atoms with E-state index in [2.05, 4.69) is 14.7 Å². The molecule has 0 bridgehead atoms. The van der Waals surface area contributed by atoms with Crippen LogP contribution in [-0.4, -0.2) is 35.2 Å². The van der Waals surface area contributed by atoms with E-state index in [1.54, 1.807) is 18.3 Å². The Morgan fingerprint density at radius 3 is 2.72 bits per heavy atom. The van der Waals surface area contributed by atoms with Gasteiger partial charge in [-0.25, -0.2) is 22.0 Å². The molecule has 1 fully saturated rings. The topological polar surface area (TPSA) is 83.8 Å². The monoisotopic (exact) mass is 478 g/mol. The minimum Gasteiger partial charge on any atom is -0.364 e. The second-order valence-corrected chi connectivity index (χ2v) is 11.7. The van der Waals surface area contributed by atoms with E-state index in [1.807, 2.05) is 6.07 Å². The van der Waals surface area contributed by atoms with Gasteiger partial charge in [0.1, 0.15) is 5.82 Å². The van der Waals surface area contributed by atoms with Crippen molar-refractivity contribution in [3.63, 3.8) is 0 Å². The number of sulfonamides is 1. The number of nitrogens with zero attached hydrogens (tertiary/aromatic N) is 3. The fourth-order valence-electron chi connectivity index (χ4n) is 3.82. The summed E-state index contributed by atoms with van der Waals surface area (Å²) in [6, 6.07) is 7.89. The number of carbonyl (C=O) groups excluding carboxylic acids is 1. The van der Waals surface area contributed by atoms with Crippen molar-refractivity contribution < 1.29 is 17.6 Å². The largest absolute Gasteiger partial charge is 0.364 e. The summed E-state index contributed by atoms with van der Waals surface area (Å²) < 4.78 is 41.2. The summed E-state index contributed by atoms with van der Waals surface area (Å²) in [5.41, 5.74) is 2.15. The SMILES string of the molecule is CC(C)(C)S(=O)(=O)NC(=O)c1cnn2ccc(N3CCCC3c3cc(F)ccc3Cl)cc12. The maximum atomic E-state index is 13.9. The molecule has 1 unspecified atom stereocenters. The highest BCUT2D eigenvalue weighted by Gasteiger charge is 2.32. The highest BCUT2D eigenvalue weighted by molar-refractivity contribution is 7.91. The highest BCUT2D eigenvalue weighted by atomic mass is 35.5. The van der Waals surface area contributed by atoms with Gasteiger partial charge in [0, 0.05) is 23.5 Å². The van der Waals surface area contributed by atoms with Gasteiger partial charge in [-0.3, -0.25) is 4.79 Å². The summed E-state index contributed by atoms with van der Waals surface area (Å²) in [5, 5.41) is 4.68. The summed E-state index contributed by atoms with van der Waals surface area (Å²) in [6.07, 6.45) is 4.77. The van der Waals surface area contributed by atoms with Crippen LogP contribution in [0.1, 0.15) is 55.6 Å². The van der Waals surface area contributed by atoms with Crippen LogP contribution in [0.5, 0.6) is 0 Å². The smallest absolute Gasteiger partial charge is 0.268 e. The summed E-state index contributed by atoms with van der Waals surface area (Å²) in [6.45, 7) is 5.29. The van der Waals surface area contributed by atoms with Crippen LogP contribution < -0.4 is 9.62 Å². The Hall–Kier alpha value is -2.65. The van der Waals surface area contributed by atoms with E-state index in [4.69, 9.17) is 11.6 Å². The van der Waals surface area contributed by atoms with Gasteiger partial charge >= 0.3 is 0 Å². The van der Waals surface area contributed by atoms with Gasteiger partial charge in [-0.2, -0.15) is 5.10 Å². The van der Waals surface area contributed by atoms with E-state index in [1.165, 1.54) is 43.6 Å². The van der Waals surface area contributed by atoms with Crippen LogP contribution in [0.25, 0.3) is 5.52 Å². The predicted molar refractivity (Wildman–Crippen MR) is 122 cm³/mol. The number of carbonyl (C=O) groups is 1. The molecule has 170 valence electrons. The van der Waals surface area contributed by atoms with E-state index >= 15 is 0 Å². The molecule has 10 heteroatoms. The molecule has 0 spiro atoms. The first-order chi connectivity index (χ1) is 15.0. The summed E-state index contributed by atoms with van der Waals surface area (Å²) in [7, 11) is -3.87. The molecule has 1 atom stereocenters. The lowest BCUT2D eigenvalue weighted by atomic mass is 10.0. The predicted octanol–water partition coefficient (Wildman–Crippen LogP) is 4.33. The van der Waals surface area contributed by atoms with E-state index in [0.717, 1.165) is 25.1 Å². The molecule has 0 radical (unpaired) electrons. The van der Waals surface area contributed by atoms with Gasteiger partial charge in [0.2, 0.25) is 10.0 Å². The molecule has 3 aromatic rings. The zero-order valence-electron chi connectivity index (χ0n) is 18.0. The van der Waals surface area contributed by atoms with Crippen LogP contribution >= 0.6 is 11.6 Å². The molecule has 1 aliphatic heterocycles. The fraction of sp³-hybridized carbons (Fsp3) is 0.364. The number of rotatable bonds is 4. The zero-order valence-corrected chi connectivity index (χ0v) is 19.5. The number of fused-ring (bicyclic) bond motifs is 1. The molecule has 1 aliphatic rings. The third-order valence-electron chi connectivity index (χ3n) is 5.68. The van der Waals surface area contributed by atoms with Crippen molar-refractivity contribution >= 4 is 38.7 Å². The molecule has 1 N–H and O–H groups in total. The maximum Gasteiger partial charge on any atom is 0.268 e. The van der Waals surface area contributed by atoms with Gasteiger partial charge in [0.25, 0.3) is 5.91 Å². The van der Waals surface area contributed by atoms with E-state index in [9.17, 15) is 17.6 Å². The average Bonchev–Trinajstić information content (AvgIpc) is 3.35. The third kappa shape index (κ3) is 4.06. The molecule has 1 aromatic carbocycles. The van der Waals surface area contributed by atoms with Crippen molar-refractivity contribution in [3.8, 4) is 0 Å². The van der Waals surface area contributed by atoms with Gasteiger partial charge in [0.05, 0.1) is 28.1 Å². The fourth-order valence-corrected chi connectivity index (χ4v) is 4.73. The molecular formula is C22H24ClFN4O3S. The molecule has 1 amide bonds. The molecule has 3 heterocycles. The first kappa shape index (κ1) is 22.5. The number of halogens is 2. The Morgan fingerprint density at radius 1 is 1.25 bits per heavy atom. The number of amides is 1. The first-order valence-corrected chi connectivity index (χ1v) is 12.1. The average molecular weight is 479 g/mol. The molecule has 1 saturated heterocycles. The third-order valence-corrected chi connectivity index (χ3v) is 8.10. The molecule has 4 rings (SSSR count). The van der Waals surface area contributed by atoms with E-state index in [0.29, 0.717) is 16.1 Å². The lowest BCUT2D eigenvalue weighted by Gasteiger charge is -2.28. The molecule has 32 heavy (non-hydrogen) atoms. The van der Waals surface area contributed by atoms with Crippen molar-refractivity contribution in [2.24, 2.45) is 0 Å². The number of aromatic nitrogens is 2. The minimum atomic E-state index is -3.87. The lowest BCUT2D eigenvalue weighted by Crippen LogP contribution is -2.42. The van der Waals surface area contributed by atoms with Crippen molar-refractivity contribution in [3.05, 3.63) is 64.7 Å². The molecule has 0 aliphatic carbocycles. The molecular weight excluding hydrogens is 455 g/mol.